The van der Waals surface area contributed by atoms with E-state index in [1.54, 1.807) is 7.11 Å². The van der Waals surface area contributed by atoms with Crippen LogP contribution in [-0.2, 0) is 0 Å². The van der Waals surface area contributed by atoms with Crippen molar-refractivity contribution in [3.05, 3.63) is 29.8 Å². The second kappa shape index (κ2) is 4.01. The van der Waals surface area contributed by atoms with Crippen molar-refractivity contribution in [1.82, 2.24) is 0 Å². The summed E-state index contributed by atoms with van der Waals surface area (Å²) in [6.07, 6.45) is 7.48. The van der Waals surface area contributed by atoms with Gasteiger partial charge in [-0.05, 0) is 73.0 Å². The van der Waals surface area contributed by atoms with Gasteiger partial charge in [0.2, 0.25) is 0 Å². The Bertz CT molecular complexity index is 453. The Hall–Kier alpha value is -0.980. The fraction of sp³-hybridized carbons (Fsp3) is 0.647. The Kier molecular flexibility index (Phi) is 2.43. The predicted molar refractivity (Wildman–Crippen MR) is 72.8 cm³/mol. The molecule has 1 heteroatoms. The van der Waals surface area contributed by atoms with E-state index in [4.69, 9.17) is 4.74 Å². The quantitative estimate of drug-likeness (QED) is 0.754. The minimum absolute atomic E-state index is 0.824. The van der Waals surface area contributed by atoms with Crippen LogP contribution in [0.2, 0.25) is 0 Å². The lowest BCUT2D eigenvalue weighted by atomic mass is 9.73. The normalized spacial score (nSPS) is 41.1. The summed E-state index contributed by atoms with van der Waals surface area (Å²) in [5.41, 5.74) is 1.53. The standard InChI is InChI=1S/C17H22O/c1-18-13-5-2-4-11(8-13)16-9-12-10-17(16)15-7-3-6-14(12)15/h2,4-5,8,12,14-17H,3,6-7,9-10H2,1H3. The molecular weight excluding hydrogens is 220 g/mol. The molecule has 3 aliphatic carbocycles. The van der Waals surface area contributed by atoms with Crippen LogP contribution in [0, 0.1) is 23.7 Å². The van der Waals surface area contributed by atoms with Crippen molar-refractivity contribution in [2.45, 2.75) is 38.0 Å². The van der Waals surface area contributed by atoms with Gasteiger partial charge < -0.3 is 4.74 Å². The third-order valence-electron chi connectivity index (χ3n) is 5.95. The molecule has 1 aromatic carbocycles. The third kappa shape index (κ3) is 1.46. The molecule has 5 unspecified atom stereocenters. The maximum atomic E-state index is 5.38. The van der Waals surface area contributed by atoms with Crippen LogP contribution in [0.1, 0.15) is 43.6 Å². The average Bonchev–Trinajstić information content (AvgIpc) is 3.10. The van der Waals surface area contributed by atoms with Gasteiger partial charge in [0, 0.05) is 0 Å². The number of hydrogen-bond donors (Lipinski definition) is 0. The molecule has 3 fully saturated rings. The predicted octanol–water partition coefficient (Wildman–Crippen LogP) is 4.23. The SMILES string of the molecule is COc1cccc(C2CC3CC2C2CCCC32)c1. The zero-order valence-electron chi connectivity index (χ0n) is 11.1. The van der Waals surface area contributed by atoms with E-state index in [-0.39, 0.29) is 0 Å². The molecule has 5 atom stereocenters. The summed E-state index contributed by atoms with van der Waals surface area (Å²) in [7, 11) is 1.77. The lowest BCUT2D eigenvalue weighted by Gasteiger charge is -2.32. The van der Waals surface area contributed by atoms with E-state index >= 15 is 0 Å². The van der Waals surface area contributed by atoms with Crippen molar-refractivity contribution in [3.63, 3.8) is 0 Å². The number of benzene rings is 1. The van der Waals surface area contributed by atoms with Gasteiger partial charge in [0.15, 0.2) is 0 Å². The lowest BCUT2D eigenvalue weighted by Crippen LogP contribution is -2.23. The Morgan fingerprint density at radius 1 is 1.06 bits per heavy atom. The van der Waals surface area contributed by atoms with Crippen molar-refractivity contribution >= 4 is 0 Å². The second-order valence-corrected chi connectivity index (χ2v) is 6.54. The van der Waals surface area contributed by atoms with Crippen molar-refractivity contribution in [2.75, 3.05) is 7.11 Å². The molecule has 0 aliphatic heterocycles. The molecule has 3 aliphatic rings. The molecule has 0 aromatic heterocycles. The number of fused-ring (bicyclic) bond motifs is 5. The van der Waals surface area contributed by atoms with Gasteiger partial charge in [-0.3, -0.25) is 0 Å². The van der Waals surface area contributed by atoms with Crippen molar-refractivity contribution in [3.8, 4) is 5.75 Å². The Morgan fingerprint density at radius 3 is 2.83 bits per heavy atom. The van der Waals surface area contributed by atoms with E-state index in [9.17, 15) is 0 Å². The van der Waals surface area contributed by atoms with E-state index < -0.39 is 0 Å². The number of rotatable bonds is 2. The summed E-state index contributed by atoms with van der Waals surface area (Å²) >= 11 is 0. The van der Waals surface area contributed by atoms with Gasteiger partial charge in [-0.2, -0.15) is 0 Å². The molecule has 4 rings (SSSR count). The molecule has 0 saturated heterocycles. The van der Waals surface area contributed by atoms with Gasteiger partial charge in [-0.15, -0.1) is 0 Å². The van der Waals surface area contributed by atoms with E-state index in [1.165, 1.54) is 37.7 Å². The topological polar surface area (TPSA) is 9.23 Å². The summed E-state index contributed by atoms with van der Waals surface area (Å²) in [6.45, 7) is 0. The van der Waals surface area contributed by atoms with Gasteiger partial charge in [-0.1, -0.05) is 18.6 Å². The highest BCUT2D eigenvalue weighted by molar-refractivity contribution is 5.33. The number of ether oxygens (including phenoxy) is 1. The van der Waals surface area contributed by atoms with E-state index in [2.05, 4.69) is 24.3 Å². The van der Waals surface area contributed by atoms with Crippen LogP contribution >= 0.6 is 0 Å². The van der Waals surface area contributed by atoms with Gasteiger partial charge in [0.25, 0.3) is 0 Å². The van der Waals surface area contributed by atoms with Crippen molar-refractivity contribution in [2.24, 2.45) is 23.7 Å². The first-order valence-electron chi connectivity index (χ1n) is 7.51. The second-order valence-electron chi connectivity index (χ2n) is 6.54. The summed E-state index contributed by atoms with van der Waals surface area (Å²) in [6, 6.07) is 8.81. The van der Waals surface area contributed by atoms with Crippen LogP contribution in [0.3, 0.4) is 0 Å². The van der Waals surface area contributed by atoms with Gasteiger partial charge in [0.1, 0.15) is 5.75 Å². The highest BCUT2D eigenvalue weighted by atomic mass is 16.5. The molecule has 2 bridgehead atoms. The molecule has 0 spiro atoms. The maximum Gasteiger partial charge on any atom is 0.119 e. The van der Waals surface area contributed by atoms with Gasteiger partial charge in [-0.25, -0.2) is 0 Å². The summed E-state index contributed by atoms with van der Waals surface area (Å²) < 4.78 is 5.38. The highest BCUT2D eigenvalue weighted by Crippen LogP contribution is 2.63. The summed E-state index contributed by atoms with van der Waals surface area (Å²) in [5, 5.41) is 0. The van der Waals surface area contributed by atoms with Crippen LogP contribution in [0.25, 0.3) is 0 Å². The van der Waals surface area contributed by atoms with Crippen LogP contribution in [-0.4, -0.2) is 7.11 Å². The van der Waals surface area contributed by atoms with Crippen LogP contribution in [0.4, 0.5) is 0 Å². The highest BCUT2D eigenvalue weighted by Gasteiger charge is 2.53. The third-order valence-corrected chi connectivity index (χ3v) is 5.95. The van der Waals surface area contributed by atoms with Crippen LogP contribution in [0.5, 0.6) is 5.75 Å². The van der Waals surface area contributed by atoms with Crippen LogP contribution < -0.4 is 4.74 Å². The lowest BCUT2D eigenvalue weighted by molar-refractivity contribution is 0.232. The minimum Gasteiger partial charge on any atom is -0.497 e. The Labute approximate surface area is 110 Å². The first-order chi connectivity index (χ1) is 8.86. The summed E-state index contributed by atoms with van der Waals surface area (Å²) in [4.78, 5) is 0. The van der Waals surface area contributed by atoms with Crippen molar-refractivity contribution in [1.29, 1.82) is 0 Å². The average molecular weight is 242 g/mol. The fourth-order valence-corrected chi connectivity index (χ4v) is 5.32. The summed E-state index contributed by atoms with van der Waals surface area (Å²) in [5.74, 6) is 6.02. The molecule has 3 saturated carbocycles. The largest absolute Gasteiger partial charge is 0.497 e. The number of hydrogen-bond acceptors (Lipinski definition) is 1. The van der Waals surface area contributed by atoms with E-state index in [0.29, 0.717) is 0 Å². The van der Waals surface area contributed by atoms with E-state index in [1.807, 2.05) is 0 Å². The maximum absolute atomic E-state index is 5.38. The zero-order chi connectivity index (χ0) is 12.1. The fourth-order valence-electron chi connectivity index (χ4n) is 5.32. The molecule has 0 radical (unpaired) electrons. The Morgan fingerprint density at radius 2 is 1.94 bits per heavy atom. The molecule has 0 heterocycles. The first-order valence-corrected chi connectivity index (χ1v) is 7.51. The van der Waals surface area contributed by atoms with Crippen molar-refractivity contribution < 1.29 is 4.74 Å². The monoisotopic (exact) mass is 242 g/mol. The molecular formula is C17H22O. The first kappa shape index (κ1) is 10.9. The smallest absolute Gasteiger partial charge is 0.119 e. The molecule has 96 valence electrons. The number of methoxy groups -OCH3 is 1. The van der Waals surface area contributed by atoms with Crippen LogP contribution in [0.15, 0.2) is 24.3 Å². The van der Waals surface area contributed by atoms with Gasteiger partial charge in [0.05, 0.1) is 7.11 Å². The zero-order valence-corrected chi connectivity index (χ0v) is 11.1. The van der Waals surface area contributed by atoms with Gasteiger partial charge >= 0.3 is 0 Å². The minimum atomic E-state index is 0.824. The Balaban J connectivity index is 1.63. The molecule has 1 nitrogen and oxygen atoms in total. The molecule has 0 N–H and O–H groups in total. The van der Waals surface area contributed by atoms with E-state index in [0.717, 1.165) is 35.3 Å². The molecule has 18 heavy (non-hydrogen) atoms. The molecule has 1 aromatic rings. The molecule has 0 amide bonds.